The van der Waals surface area contributed by atoms with Crippen molar-refractivity contribution in [3.63, 3.8) is 0 Å². The van der Waals surface area contributed by atoms with Crippen LogP contribution in [0.2, 0.25) is 0 Å². The first-order valence-electron chi connectivity index (χ1n) is 4.90. The van der Waals surface area contributed by atoms with E-state index in [-0.39, 0.29) is 0 Å². The van der Waals surface area contributed by atoms with Gasteiger partial charge in [-0.3, -0.25) is 0 Å². The molecule has 0 aliphatic heterocycles. The Bertz CT molecular complexity index is 185. The van der Waals surface area contributed by atoms with Crippen molar-refractivity contribution in [2.45, 2.75) is 40.0 Å². The average molecular weight is 184 g/mol. The molecule has 0 saturated carbocycles. The highest BCUT2D eigenvalue weighted by Gasteiger charge is 2.15. The van der Waals surface area contributed by atoms with Crippen molar-refractivity contribution in [1.82, 2.24) is 0 Å². The van der Waals surface area contributed by atoms with Crippen molar-refractivity contribution in [1.29, 1.82) is 0 Å². The smallest absolute Gasteiger partial charge is 0.330 e. The first-order chi connectivity index (χ1) is 5.99. The van der Waals surface area contributed by atoms with Crippen molar-refractivity contribution in [2.24, 2.45) is 11.8 Å². The van der Waals surface area contributed by atoms with E-state index in [1.807, 2.05) is 0 Å². The van der Waals surface area contributed by atoms with Gasteiger partial charge in [0.1, 0.15) is 0 Å². The summed E-state index contributed by atoms with van der Waals surface area (Å²) in [6.07, 6.45) is 2.93. The summed E-state index contributed by atoms with van der Waals surface area (Å²) in [4.78, 5) is 10.5. The lowest BCUT2D eigenvalue weighted by molar-refractivity contribution is -0.132. The Morgan fingerprint density at radius 1 is 1.38 bits per heavy atom. The highest BCUT2D eigenvalue weighted by atomic mass is 16.4. The fourth-order valence-electron chi connectivity index (χ4n) is 1.42. The minimum absolute atomic E-state index is 0.329. The van der Waals surface area contributed by atoms with E-state index in [9.17, 15) is 4.79 Å². The van der Waals surface area contributed by atoms with Crippen LogP contribution in [0.1, 0.15) is 40.0 Å². The van der Waals surface area contributed by atoms with Gasteiger partial charge in [-0.05, 0) is 18.3 Å². The van der Waals surface area contributed by atoms with Crippen LogP contribution in [0.3, 0.4) is 0 Å². The fourth-order valence-corrected chi connectivity index (χ4v) is 1.42. The van der Waals surface area contributed by atoms with Crippen LogP contribution in [0, 0.1) is 11.8 Å². The van der Waals surface area contributed by atoms with Gasteiger partial charge >= 0.3 is 5.97 Å². The van der Waals surface area contributed by atoms with Gasteiger partial charge in [-0.15, -0.1) is 0 Å². The molecule has 0 saturated heterocycles. The summed E-state index contributed by atoms with van der Waals surface area (Å²) in [5.74, 6) is 0.139. The van der Waals surface area contributed by atoms with Gasteiger partial charge in [0.2, 0.25) is 0 Å². The third kappa shape index (κ3) is 4.71. The zero-order valence-corrected chi connectivity index (χ0v) is 8.84. The number of hydrogen-bond acceptors (Lipinski definition) is 1. The Hall–Kier alpha value is -0.790. The van der Waals surface area contributed by atoms with Crippen molar-refractivity contribution < 1.29 is 9.90 Å². The molecular weight excluding hydrogens is 164 g/mol. The first kappa shape index (κ1) is 12.2. The van der Waals surface area contributed by atoms with E-state index in [1.54, 1.807) is 0 Å². The minimum atomic E-state index is -0.865. The van der Waals surface area contributed by atoms with Crippen LogP contribution >= 0.6 is 0 Å². The third-order valence-electron chi connectivity index (χ3n) is 2.59. The third-order valence-corrected chi connectivity index (χ3v) is 2.59. The molecule has 0 spiro atoms. The lowest BCUT2D eigenvalue weighted by atomic mass is 9.87. The lowest BCUT2D eigenvalue weighted by Gasteiger charge is -2.18. The number of rotatable bonds is 6. The molecule has 0 rings (SSSR count). The maximum absolute atomic E-state index is 10.5. The Balaban J connectivity index is 3.91. The second-order valence-corrected chi connectivity index (χ2v) is 3.86. The monoisotopic (exact) mass is 184 g/mol. The van der Waals surface area contributed by atoms with E-state index in [0.717, 1.165) is 12.8 Å². The van der Waals surface area contributed by atoms with Gasteiger partial charge in [0.05, 0.1) is 0 Å². The highest BCUT2D eigenvalue weighted by molar-refractivity contribution is 5.85. The standard InChI is InChI=1S/C11H20O2/c1-5-6-8(2)9(3)7-10(4)11(12)13/h8-9H,4-7H2,1-3H3,(H,12,13). The predicted octanol–water partition coefficient (Wildman–Crippen LogP) is 3.09. The van der Waals surface area contributed by atoms with Crippen LogP contribution in [0.25, 0.3) is 0 Å². The molecule has 1 N–H and O–H groups in total. The number of carboxylic acid groups (broad SMARTS) is 1. The van der Waals surface area contributed by atoms with Crippen LogP contribution in [0.4, 0.5) is 0 Å². The van der Waals surface area contributed by atoms with Crippen LogP contribution in [-0.4, -0.2) is 11.1 Å². The summed E-state index contributed by atoms with van der Waals surface area (Å²) in [5.41, 5.74) is 0.329. The summed E-state index contributed by atoms with van der Waals surface area (Å²) in [5, 5.41) is 8.64. The maximum atomic E-state index is 10.5. The topological polar surface area (TPSA) is 37.3 Å². The zero-order chi connectivity index (χ0) is 10.4. The second kappa shape index (κ2) is 5.79. The summed E-state index contributed by atoms with van der Waals surface area (Å²) in [6.45, 7) is 9.95. The summed E-state index contributed by atoms with van der Waals surface area (Å²) in [7, 11) is 0. The molecule has 0 amide bonds. The van der Waals surface area contributed by atoms with Crippen molar-refractivity contribution in [3.8, 4) is 0 Å². The molecule has 76 valence electrons. The van der Waals surface area contributed by atoms with Gasteiger partial charge in [-0.1, -0.05) is 40.2 Å². The molecule has 2 unspecified atom stereocenters. The largest absolute Gasteiger partial charge is 0.478 e. The first-order valence-corrected chi connectivity index (χ1v) is 4.90. The fraction of sp³-hybridized carbons (Fsp3) is 0.727. The average Bonchev–Trinajstić information content (AvgIpc) is 2.04. The van der Waals surface area contributed by atoms with Gasteiger partial charge in [0.15, 0.2) is 0 Å². The summed E-state index contributed by atoms with van der Waals surface area (Å²) < 4.78 is 0. The molecule has 13 heavy (non-hydrogen) atoms. The number of aliphatic carboxylic acids is 1. The normalized spacial score (nSPS) is 15.0. The molecule has 0 aromatic heterocycles. The van der Waals surface area contributed by atoms with Crippen LogP contribution < -0.4 is 0 Å². The van der Waals surface area contributed by atoms with E-state index in [4.69, 9.17) is 5.11 Å². The number of carboxylic acids is 1. The van der Waals surface area contributed by atoms with Crippen LogP contribution in [0.15, 0.2) is 12.2 Å². The Kier molecular flexibility index (Phi) is 5.44. The molecule has 0 aromatic carbocycles. The number of carbonyl (C=O) groups is 1. The van der Waals surface area contributed by atoms with Gasteiger partial charge in [-0.2, -0.15) is 0 Å². The highest BCUT2D eigenvalue weighted by Crippen LogP contribution is 2.22. The quantitative estimate of drug-likeness (QED) is 0.644. The van der Waals surface area contributed by atoms with Crippen molar-refractivity contribution >= 4 is 5.97 Å². The van der Waals surface area contributed by atoms with E-state index in [2.05, 4.69) is 27.4 Å². The molecular formula is C11H20O2. The molecule has 0 aliphatic carbocycles. The molecule has 2 nitrogen and oxygen atoms in total. The molecule has 2 heteroatoms. The van der Waals surface area contributed by atoms with Gasteiger partial charge in [0, 0.05) is 5.57 Å². The van der Waals surface area contributed by atoms with Crippen LogP contribution in [-0.2, 0) is 4.79 Å². The molecule has 0 heterocycles. The number of hydrogen-bond donors (Lipinski definition) is 1. The second-order valence-electron chi connectivity index (χ2n) is 3.86. The Morgan fingerprint density at radius 2 is 1.92 bits per heavy atom. The molecule has 0 aromatic rings. The van der Waals surface area contributed by atoms with Crippen molar-refractivity contribution in [3.05, 3.63) is 12.2 Å². The summed E-state index contributed by atoms with van der Waals surface area (Å²) >= 11 is 0. The van der Waals surface area contributed by atoms with Gasteiger partial charge in [0.25, 0.3) is 0 Å². The Labute approximate surface area is 80.7 Å². The minimum Gasteiger partial charge on any atom is -0.478 e. The van der Waals surface area contributed by atoms with E-state index in [1.165, 1.54) is 0 Å². The molecule has 2 atom stereocenters. The SMILES string of the molecule is C=C(CC(C)C(C)CCC)C(=O)O. The van der Waals surface area contributed by atoms with Crippen molar-refractivity contribution in [2.75, 3.05) is 0 Å². The van der Waals surface area contributed by atoms with E-state index < -0.39 is 5.97 Å². The molecule has 0 fully saturated rings. The molecule has 0 bridgehead atoms. The van der Waals surface area contributed by atoms with Crippen LogP contribution in [0.5, 0.6) is 0 Å². The summed E-state index contributed by atoms with van der Waals surface area (Å²) in [6, 6.07) is 0. The maximum Gasteiger partial charge on any atom is 0.330 e. The molecule has 0 radical (unpaired) electrons. The van der Waals surface area contributed by atoms with Gasteiger partial charge < -0.3 is 5.11 Å². The van der Waals surface area contributed by atoms with E-state index >= 15 is 0 Å². The molecule has 0 aliphatic rings. The predicted molar refractivity (Wildman–Crippen MR) is 54.6 cm³/mol. The van der Waals surface area contributed by atoms with Gasteiger partial charge in [-0.25, -0.2) is 4.79 Å². The Morgan fingerprint density at radius 3 is 2.31 bits per heavy atom. The zero-order valence-electron chi connectivity index (χ0n) is 8.84. The van der Waals surface area contributed by atoms with E-state index in [0.29, 0.717) is 23.8 Å². The lowest BCUT2D eigenvalue weighted by Crippen LogP contribution is -2.11.